The van der Waals surface area contributed by atoms with E-state index >= 15 is 0 Å². The fourth-order valence-corrected chi connectivity index (χ4v) is 8.78. The number of hydrogen-bond acceptors (Lipinski definition) is 1. The molecule has 0 N–H and O–H groups in total. The lowest BCUT2D eigenvalue weighted by Crippen LogP contribution is -2.16. The Morgan fingerprint density at radius 2 is 0.768 bits per heavy atom. The van der Waals surface area contributed by atoms with Gasteiger partial charge in [-0.1, -0.05) is 178 Å². The van der Waals surface area contributed by atoms with E-state index in [0.29, 0.717) is 0 Å². The molecule has 0 saturated heterocycles. The van der Waals surface area contributed by atoms with Crippen molar-refractivity contribution in [1.82, 2.24) is 0 Å². The molecule has 0 amide bonds. The summed E-state index contributed by atoms with van der Waals surface area (Å²) in [6.45, 7) is 4.71. The Labute approximate surface area is 329 Å². The lowest BCUT2D eigenvalue weighted by molar-refractivity contribution is 0.660. The number of rotatable bonds is 7. The quantitative estimate of drug-likeness (QED) is 0.159. The van der Waals surface area contributed by atoms with Crippen LogP contribution in [0.15, 0.2) is 212 Å². The third-order valence-electron chi connectivity index (χ3n) is 11.6. The van der Waals surface area contributed by atoms with Crippen LogP contribution < -0.4 is 4.90 Å². The summed E-state index contributed by atoms with van der Waals surface area (Å²) in [5.74, 6) is 0. The summed E-state index contributed by atoms with van der Waals surface area (Å²) < 4.78 is 0. The first kappa shape index (κ1) is 33.6. The summed E-state index contributed by atoms with van der Waals surface area (Å²) in [5.41, 5.74) is 18.3. The Bertz CT molecular complexity index is 2890. The van der Waals surface area contributed by atoms with Crippen LogP contribution in [0.5, 0.6) is 0 Å². The second-order valence-corrected chi connectivity index (χ2v) is 15.4. The van der Waals surface area contributed by atoms with Gasteiger partial charge in [0.25, 0.3) is 0 Å². The van der Waals surface area contributed by atoms with E-state index < -0.39 is 0 Å². The van der Waals surface area contributed by atoms with Crippen molar-refractivity contribution in [3.05, 3.63) is 223 Å². The maximum atomic E-state index is 2.43. The number of fused-ring (bicyclic) bond motifs is 4. The molecule has 0 aliphatic heterocycles. The Balaban J connectivity index is 1.10. The van der Waals surface area contributed by atoms with Crippen LogP contribution in [0.2, 0.25) is 0 Å². The van der Waals surface area contributed by atoms with Crippen molar-refractivity contribution in [3.8, 4) is 55.6 Å². The summed E-state index contributed by atoms with van der Waals surface area (Å²) in [6.07, 6.45) is 0. The third kappa shape index (κ3) is 5.90. The molecule has 56 heavy (non-hydrogen) atoms. The van der Waals surface area contributed by atoms with Gasteiger partial charge in [0.2, 0.25) is 0 Å². The summed E-state index contributed by atoms with van der Waals surface area (Å²) in [6, 6.07) is 77.6. The van der Waals surface area contributed by atoms with Crippen LogP contribution in [0.4, 0.5) is 17.1 Å². The molecule has 266 valence electrons. The van der Waals surface area contributed by atoms with Gasteiger partial charge < -0.3 is 4.90 Å². The molecule has 1 aliphatic rings. The molecule has 0 saturated carbocycles. The van der Waals surface area contributed by atoms with Gasteiger partial charge in [0, 0.05) is 22.5 Å². The second-order valence-electron chi connectivity index (χ2n) is 15.4. The molecule has 10 rings (SSSR count). The van der Waals surface area contributed by atoms with Crippen molar-refractivity contribution in [1.29, 1.82) is 0 Å². The number of benzene rings is 9. The fraction of sp³-hybridized carbons (Fsp3) is 0.0545. The maximum Gasteiger partial charge on any atom is 0.0467 e. The van der Waals surface area contributed by atoms with Gasteiger partial charge in [-0.05, 0) is 126 Å². The van der Waals surface area contributed by atoms with Gasteiger partial charge in [0.05, 0.1) is 0 Å². The monoisotopic (exact) mass is 715 g/mol. The topological polar surface area (TPSA) is 3.24 Å². The van der Waals surface area contributed by atoms with Crippen molar-refractivity contribution in [2.45, 2.75) is 19.3 Å². The molecule has 1 aliphatic carbocycles. The van der Waals surface area contributed by atoms with Gasteiger partial charge in [0.1, 0.15) is 0 Å². The summed E-state index contributed by atoms with van der Waals surface area (Å²) in [4.78, 5) is 2.43. The van der Waals surface area contributed by atoms with Gasteiger partial charge in [-0.15, -0.1) is 0 Å². The van der Waals surface area contributed by atoms with Crippen molar-refractivity contribution < 1.29 is 0 Å². The van der Waals surface area contributed by atoms with E-state index in [0.717, 1.165) is 17.1 Å². The summed E-state index contributed by atoms with van der Waals surface area (Å²) >= 11 is 0. The van der Waals surface area contributed by atoms with E-state index in [4.69, 9.17) is 0 Å². The van der Waals surface area contributed by atoms with Crippen LogP contribution in [0.25, 0.3) is 66.4 Å². The van der Waals surface area contributed by atoms with Crippen LogP contribution in [0, 0.1) is 0 Å². The summed E-state index contributed by atoms with van der Waals surface area (Å²) in [5, 5.41) is 2.52. The van der Waals surface area contributed by atoms with E-state index in [1.165, 1.54) is 77.5 Å². The molecule has 9 aromatic rings. The van der Waals surface area contributed by atoms with Gasteiger partial charge >= 0.3 is 0 Å². The molecule has 0 bridgehead atoms. The molecular weight excluding hydrogens is 675 g/mol. The van der Waals surface area contributed by atoms with Crippen LogP contribution in [-0.2, 0) is 5.41 Å². The predicted molar refractivity (Wildman–Crippen MR) is 238 cm³/mol. The first-order valence-corrected chi connectivity index (χ1v) is 19.5. The summed E-state index contributed by atoms with van der Waals surface area (Å²) in [7, 11) is 0. The molecule has 9 aromatic carbocycles. The van der Waals surface area contributed by atoms with E-state index in [9.17, 15) is 0 Å². The normalized spacial score (nSPS) is 12.6. The lowest BCUT2D eigenvalue weighted by atomic mass is 9.82. The van der Waals surface area contributed by atoms with Gasteiger partial charge in [0.15, 0.2) is 0 Å². The largest absolute Gasteiger partial charge is 0.310 e. The molecule has 0 aromatic heterocycles. The minimum atomic E-state index is -0.114. The highest BCUT2D eigenvalue weighted by atomic mass is 15.1. The highest BCUT2D eigenvalue weighted by Gasteiger charge is 2.35. The van der Waals surface area contributed by atoms with E-state index in [2.05, 4.69) is 231 Å². The molecule has 0 radical (unpaired) electrons. The average molecular weight is 716 g/mol. The first-order valence-electron chi connectivity index (χ1n) is 19.5. The van der Waals surface area contributed by atoms with Crippen molar-refractivity contribution in [2.24, 2.45) is 0 Å². The van der Waals surface area contributed by atoms with Gasteiger partial charge in [-0.2, -0.15) is 0 Å². The molecule has 1 heteroatoms. The highest BCUT2D eigenvalue weighted by molar-refractivity contribution is 5.97. The smallest absolute Gasteiger partial charge is 0.0467 e. The van der Waals surface area contributed by atoms with Crippen LogP contribution >= 0.6 is 0 Å². The Morgan fingerprint density at radius 3 is 1.50 bits per heavy atom. The molecule has 0 atom stereocenters. The molecule has 0 heterocycles. The third-order valence-corrected chi connectivity index (χ3v) is 11.6. The zero-order valence-electron chi connectivity index (χ0n) is 31.7. The predicted octanol–water partition coefficient (Wildman–Crippen LogP) is 15.3. The molecular formula is C55H41N. The number of hydrogen-bond donors (Lipinski definition) is 0. The molecule has 0 fully saturated rings. The second kappa shape index (κ2) is 13.7. The highest BCUT2D eigenvalue weighted by Crippen LogP contribution is 2.51. The average Bonchev–Trinajstić information content (AvgIpc) is 3.49. The maximum absolute atomic E-state index is 2.43. The van der Waals surface area contributed by atoms with Gasteiger partial charge in [-0.3, -0.25) is 0 Å². The van der Waals surface area contributed by atoms with Crippen LogP contribution in [-0.4, -0.2) is 0 Å². The Kier molecular flexibility index (Phi) is 8.23. The van der Waals surface area contributed by atoms with Crippen molar-refractivity contribution in [3.63, 3.8) is 0 Å². The zero-order valence-corrected chi connectivity index (χ0v) is 31.7. The first-order chi connectivity index (χ1) is 27.5. The molecule has 1 nitrogen and oxygen atoms in total. The fourth-order valence-electron chi connectivity index (χ4n) is 8.78. The Hall–Kier alpha value is -6.96. The SMILES string of the molecule is CC1(C)c2ccccc2-c2ccc(N(c3cccc(-c4cccc(-c5ccccc5)c4)c3)c3cccc(-c4cccc(-c5cccc6ccccc56)c4)c3)cc21. The van der Waals surface area contributed by atoms with Crippen LogP contribution in [0.1, 0.15) is 25.0 Å². The Morgan fingerprint density at radius 1 is 0.304 bits per heavy atom. The van der Waals surface area contributed by atoms with E-state index in [1.54, 1.807) is 0 Å². The van der Waals surface area contributed by atoms with Crippen LogP contribution in [0.3, 0.4) is 0 Å². The minimum absolute atomic E-state index is 0.114. The minimum Gasteiger partial charge on any atom is -0.310 e. The molecule has 0 unspecified atom stereocenters. The molecule has 0 spiro atoms. The number of anilines is 3. The lowest BCUT2D eigenvalue weighted by Gasteiger charge is -2.29. The van der Waals surface area contributed by atoms with E-state index in [-0.39, 0.29) is 5.41 Å². The van der Waals surface area contributed by atoms with E-state index in [1.807, 2.05) is 0 Å². The van der Waals surface area contributed by atoms with Crippen molar-refractivity contribution >= 4 is 27.8 Å². The zero-order chi connectivity index (χ0) is 37.6. The van der Waals surface area contributed by atoms with Gasteiger partial charge in [-0.25, -0.2) is 0 Å². The standard InChI is InChI=1S/C55H41N/c1-55(2)53-30-9-8-28-51(53)52-32-31-48(37-54(52)55)56(46-25-12-22-43(35-46)41-20-10-19-40(33-41)38-15-4-3-5-16-38)47-26-13-23-44(36-47)42-21-11-24-45(34-42)50-29-14-18-39-17-6-7-27-49(39)50/h3-37H,1-2H3. The number of nitrogens with zero attached hydrogens (tertiary/aromatic N) is 1. The van der Waals surface area contributed by atoms with Crippen molar-refractivity contribution in [2.75, 3.05) is 4.90 Å².